The molecule has 1 aliphatic heterocycles. The van der Waals surface area contributed by atoms with E-state index in [-0.39, 0.29) is 12.1 Å². The van der Waals surface area contributed by atoms with E-state index < -0.39 is 0 Å². The van der Waals surface area contributed by atoms with Gasteiger partial charge in [-0.3, -0.25) is 0 Å². The average molecular weight is 332 g/mol. The second-order valence-corrected chi connectivity index (χ2v) is 5.78. The third-order valence-corrected chi connectivity index (χ3v) is 4.03. The first-order valence-electron chi connectivity index (χ1n) is 6.94. The Hall–Kier alpha value is -1.33. The second-order valence-electron chi connectivity index (χ2n) is 4.96. The van der Waals surface area contributed by atoms with Crippen molar-refractivity contribution in [2.45, 2.75) is 25.8 Å². The molecule has 0 atom stereocenters. The SMILES string of the molecule is CCOC(=O)N1CCC(Nc2c(Cl)cc(N)cc2Cl)CC1. The van der Waals surface area contributed by atoms with Gasteiger partial charge in [0.2, 0.25) is 0 Å². The highest BCUT2D eigenvalue weighted by Gasteiger charge is 2.24. The van der Waals surface area contributed by atoms with Gasteiger partial charge in [-0.25, -0.2) is 4.79 Å². The summed E-state index contributed by atoms with van der Waals surface area (Å²) in [6.07, 6.45) is 1.38. The minimum Gasteiger partial charge on any atom is -0.450 e. The number of ether oxygens (including phenoxy) is 1. The van der Waals surface area contributed by atoms with E-state index in [0.29, 0.717) is 41.1 Å². The number of rotatable bonds is 3. The summed E-state index contributed by atoms with van der Waals surface area (Å²) in [7, 11) is 0. The van der Waals surface area contributed by atoms with Crippen LogP contribution in [0.1, 0.15) is 19.8 Å². The number of benzene rings is 1. The molecular formula is C14H19Cl2N3O2. The molecule has 0 unspecified atom stereocenters. The predicted molar refractivity (Wildman–Crippen MR) is 86.1 cm³/mol. The average Bonchev–Trinajstić information content (AvgIpc) is 2.43. The number of hydrogen-bond donors (Lipinski definition) is 2. The Kier molecular flexibility index (Phi) is 5.42. The highest BCUT2D eigenvalue weighted by atomic mass is 35.5. The number of halogens is 2. The number of carbonyl (C=O) groups is 1. The molecule has 0 spiro atoms. The van der Waals surface area contributed by atoms with Gasteiger partial charge < -0.3 is 20.7 Å². The molecule has 1 aromatic rings. The normalized spacial score (nSPS) is 15.9. The fraction of sp³-hybridized carbons (Fsp3) is 0.500. The molecule has 21 heavy (non-hydrogen) atoms. The number of hydrogen-bond acceptors (Lipinski definition) is 4. The molecule has 1 amide bonds. The molecular weight excluding hydrogens is 313 g/mol. The van der Waals surface area contributed by atoms with Crippen LogP contribution in [0.3, 0.4) is 0 Å². The van der Waals surface area contributed by atoms with Crippen LogP contribution >= 0.6 is 23.2 Å². The molecule has 0 radical (unpaired) electrons. The molecule has 1 heterocycles. The molecule has 0 aromatic heterocycles. The zero-order valence-corrected chi connectivity index (χ0v) is 13.4. The van der Waals surface area contributed by atoms with Gasteiger partial charge in [0.15, 0.2) is 0 Å². The van der Waals surface area contributed by atoms with Crippen molar-refractivity contribution in [2.75, 3.05) is 30.7 Å². The number of nitrogens with zero attached hydrogens (tertiary/aromatic N) is 1. The quantitative estimate of drug-likeness (QED) is 0.830. The lowest BCUT2D eigenvalue weighted by Crippen LogP contribution is -2.42. The Bertz CT molecular complexity index is 494. The van der Waals surface area contributed by atoms with Crippen LogP contribution in [0.4, 0.5) is 16.2 Å². The Morgan fingerprint density at radius 2 is 1.95 bits per heavy atom. The standard InChI is InChI=1S/C14H19Cl2N3O2/c1-2-21-14(20)19-5-3-10(4-6-19)18-13-11(15)7-9(17)8-12(13)16/h7-8,10,18H,2-6,17H2,1H3. The van der Waals surface area contributed by atoms with E-state index in [2.05, 4.69) is 5.32 Å². The highest BCUT2D eigenvalue weighted by molar-refractivity contribution is 6.39. The van der Waals surface area contributed by atoms with Gasteiger partial charge in [-0.05, 0) is 31.9 Å². The van der Waals surface area contributed by atoms with Crippen LogP contribution < -0.4 is 11.1 Å². The molecule has 2 rings (SSSR count). The van der Waals surface area contributed by atoms with Crippen LogP contribution in [-0.4, -0.2) is 36.7 Å². The summed E-state index contributed by atoms with van der Waals surface area (Å²) in [5, 5.41) is 4.35. The summed E-state index contributed by atoms with van der Waals surface area (Å²) >= 11 is 12.3. The number of amides is 1. The van der Waals surface area contributed by atoms with Crippen molar-refractivity contribution in [1.82, 2.24) is 4.90 Å². The molecule has 0 bridgehead atoms. The van der Waals surface area contributed by atoms with E-state index in [1.54, 1.807) is 24.0 Å². The molecule has 1 aliphatic rings. The first-order valence-corrected chi connectivity index (χ1v) is 7.69. The third-order valence-electron chi connectivity index (χ3n) is 3.43. The van der Waals surface area contributed by atoms with E-state index >= 15 is 0 Å². The molecule has 1 saturated heterocycles. The third kappa shape index (κ3) is 4.08. The van der Waals surface area contributed by atoms with Gasteiger partial charge in [-0.2, -0.15) is 0 Å². The summed E-state index contributed by atoms with van der Waals surface area (Å²) in [4.78, 5) is 13.4. The van der Waals surface area contributed by atoms with Crippen LogP contribution in [0.25, 0.3) is 0 Å². The van der Waals surface area contributed by atoms with E-state index in [0.717, 1.165) is 12.8 Å². The Labute approximate surface area is 134 Å². The van der Waals surface area contributed by atoms with Gasteiger partial charge in [0, 0.05) is 24.8 Å². The van der Waals surface area contributed by atoms with Gasteiger partial charge in [-0.15, -0.1) is 0 Å². The summed E-state index contributed by atoms with van der Waals surface area (Å²) < 4.78 is 5.00. The van der Waals surface area contributed by atoms with Crippen LogP contribution in [0, 0.1) is 0 Å². The lowest BCUT2D eigenvalue weighted by molar-refractivity contribution is 0.0983. The van der Waals surface area contributed by atoms with Crippen LogP contribution in [0.2, 0.25) is 10.0 Å². The minimum absolute atomic E-state index is 0.217. The fourth-order valence-electron chi connectivity index (χ4n) is 2.36. The van der Waals surface area contributed by atoms with Gasteiger partial charge >= 0.3 is 6.09 Å². The summed E-state index contributed by atoms with van der Waals surface area (Å²) in [5.74, 6) is 0. The molecule has 116 valence electrons. The number of anilines is 2. The zero-order valence-electron chi connectivity index (χ0n) is 11.9. The largest absolute Gasteiger partial charge is 0.450 e. The summed E-state index contributed by atoms with van der Waals surface area (Å²) in [5.41, 5.74) is 6.92. The number of piperidine rings is 1. The molecule has 1 aromatic carbocycles. The maximum absolute atomic E-state index is 11.6. The van der Waals surface area contributed by atoms with Crippen molar-refractivity contribution < 1.29 is 9.53 Å². The van der Waals surface area contributed by atoms with Crippen molar-refractivity contribution in [3.63, 3.8) is 0 Å². The van der Waals surface area contributed by atoms with Crippen LogP contribution in [0.5, 0.6) is 0 Å². The van der Waals surface area contributed by atoms with Crippen molar-refractivity contribution >= 4 is 40.7 Å². The molecule has 0 saturated carbocycles. The summed E-state index contributed by atoms with van der Waals surface area (Å²) in [6.45, 7) is 3.51. The Balaban J connectivity index is 1.94. The van der Waals surface area contributed by atoms with E-state index in [1.807, 2.05) is 0 Å². The van der Waals surface area contributed by atoms with Crippen LogP contribution in [-0.2, 0) is 4.74 Å². The van der Waals surface area contributed by atoms with Crippen molar-refractivity contribution in [3.05, 3.63) is 22.2 Å². The maximum Gasteiger partial charge on any atom is 0.409 e. The molecule has 1 fully saturated rings. The zero-order chi connectivity index (χ0) is 15.4. The molecule has 5 nitrogen and oxygen atoms in total. The Morgan fingerprint density at radius 3 is 2.48 bits per heavy atom. The van der Waals surface area contributed by atoms with Gasteiger partial charge in [0.25, 0.3) is 0 Å². The maximum atomic E-state index is 11.6. The molecule has 7 heteroatoms. The number of nitrogens with two attached hydrogens (primary N) is 1. The number of likely N-dealkylation sites (tertiary alicyclic amines) is 1. The number of nitrogens with one attached hydrogen (secondary N) is 1. The first kappa shape index (κ1) is 16.0. The van der Waals surface area contributed by atoms with Gasteiger partial charge in [0.1, 0.15) is 0 Å². The van der Waals surface area contributed by atoms with E-state index in [9.17, 15) is 4.79 Å². The molecule has 3 N–H and O–H groups in total. The smallest absolute Gasteiger partial charge is 0.409 e. The molecule has 0 aliphatic carbocycles. The summed E-state index contributed by atoms with van der Waals surface area (Å²) in [6, 6.07) is 3.56. The highest BCUT2D eigenvalue weighted by Crippen LogP contribution is 2.34. The second kappa shape index (κ2) is 7.09. The fourth-order valence-corrected chi connectivity index (χ4v) is 2.97. The topological polar surface area (TPSA) is 67.6 Å². The van der Waals surface area contributed by atoms with Crippen LogP contribution in [0.15, 0.2) is 12.1 Å². The minimum atomic E-state index is -0.250. The van der Waals surface area contributed by atoms with Crippen molar-refractivity contribution in [2.24, 2.45) is 0 Å². The first-order chi connectivity index (χ1) is 10.0. The number of carbonyl (C=O) groups excluding carboxylic acids is 1. The van der Waals surface area contributed by atoms with E-state index in [1.165, 1.54) is 0 Å². The lowest BCUT2D eigenvalue weighted by atomic mass is 10.0. The van der Waals surface area contributed by atoms with Crippen molar-refractivity contribution in [3.8, 4) is 0 Å². The van der Waals surface area contributed by atoms with Crippen molar-refractivity contribution in [1.29, 1.82) is 0 Å². The number of nitrogen functional groups attached to an aromatic ring is 1. The lowest BCUT2D eigenvalue weighted by Gasteiger charge is -2.32. The predicted octanol–water partition coefficient (Wildman–Crippen LogP) is 3.61. The Morgan fingerprint density at radius 1 is 1.38 bits per heavy atom. The van der Waals surface area contributed by atoms with Gasteiger partial charge in [-0.1, -0.05) is 23.2 Å². The van der Waals surface area contributed by atoms with Gasteiger partial charge in [0.05, 0.1) is 22.3 Å². The van der Waals surface area contributed by atoms with E-state index in [4.69, 9.17) is 33.7 Å². The monoisotopic (exact) mass is 331 g/mol.